The Hall–Kier alpha value is -15.2. The summed E-state index contributed by atoms with van der Waals surface area (Å²) in [6.45, 7) is 6.11. The van der Waals surface area contributed by atoms with Crippen LogP contribution in [0.3, 0.4) is 0 Å². The van der Waals surface area contributed by atoms with E-state index in [9.17, 15) is 52.2 Å². The Morgan fingerprint density at radius 2 is 0.850 bits per heavy atom. The van der Waals surface area contributed by atoms with E-state index in [1.807, 2.05) is 103 Å². The van der Waals surface area contributed by atoms with Crippen LogP contribution in [-0.4, -0.2) is 134 Å². The molecule has 7 heterocycles. The maximum absolute atomic E-state index is 14.1. The number of aromatic amines is 2. The number of anilines is 6. The molecule has 41 heteroatoms. The Kier molecular flexibility index (Phi) is 31.4. The lowest BCUT2D eigenvalue weighted by Crippen LogP contribution is -2.32. The van der Waals surface area contributed by atoms with Crippen molar-refractivity contribution in [1.29, 1.82) is 0 Å². The molecule has 0 spiro atoms. The van der Waals surface area contributed by atoms with Gasteiger partial charge in [0.05, 0.1) is 68.6 Å². The Labute approximate surface area is 687 Å². The fourth-order valence-corrected chi connectivity index (χ4v) is 11.5. The number of ether oxygens (including phenoxy) is 3. The number of para-hydroxylation sites is 5. The fraction of sp³-hybridized carbons (Fsp3) is 0.114. The van der Waals surface area contributed by atoms with Gasteiger partial charge in [-0.1, -0.05) is 152 Å². The van der Waals surface area contributed by atoms with Crippen molar-refractivity contribution in [2.24, 2.45) is 0 Å². The number of H-pyrrole nitrogens is 2. The molecule has 0 aliphatic carbocycles. The van der Waals surface area contributed by atoms with E-state index in [2.05, 4.69) is 60.4 Å². The molecule has 0 saturated heterocycles. The van der Waals surface area contributed by atoms with Crippen LogP contribution in [0, 0.1) is 43.5 Å². The average molecular weight is 1680 g/mol. The van der Waals surface area contributed by atoms with Gasteiger partial charge in [-0.3, -0.25) is 30.4 Å². The summed E-state index contributed by atoms with van der Waals surface area (Å²) in [5, 5.41) is 69.1. The topological polar surface area (TPSA) is 524 Å². The molecule has 0 aliphatic rings. The number of carbonyl (C=O) groups is 3. The second-order valence-corrected chi connectivity index (χ2v) is 25.1. The van der Waals surface area contributed by atoms with Crippen LogP contribution in [0.2, 0.25) is 5.28 Å². The lowest BCUT2D eigenvalue weighted by Gasteiger charge is -2.05. The van der Waals surface area contributed by atoms with Crippen LogP contribution in [0.5, 0.6) is 0 Å². The number of benzene rings is 9. The van der Waals surface area contributed by atoms with E-state index in [1.54, 1.807) is 93.6 Å². The fourth-order valence-electron chi connectivity index (χ4n) is 11.2. The van der Waals surface area contributed by atoms with E-state index in [4.69, 9.17) is 77.1 Å². The van der Waals surface area contributed by atoms with Crippen LogP contribution in [-0.2, 0) is 33.5 Å². The number of nitro groups is 2. The molecule has 120 heavy (non-hydrogen) atoms. The van der Waals surface area contributed by atoms with Crippen LogP contribution in [0.1, 0.15) is 54.5 Å². The number of carbonyl (C=O) groups excluding carboxylic acids is 3. The molecule has 0 amide bonds. The van der Waals surface area contributed by atoms with Crippen molar-refractivity contribution in [2.45, 2.75) is 40.0 Å². The van der Waals surface area contributed by atoms with E-state index in [0.717, 1.165) is 43.7 Å². The summed E-state index contributed by atoms with van der Waals surface area (Å²) in [6, 6.07) is 62.8. The van der Waals surface area contributed by atoms with Crippen LogP contribution in [0.15, 0.2) is 218 Å². The molecule has 9 aromatic carbocycles. The predicted molar refractivity (Wildman–Crippen MR) is 447 cm³/mol. The molecule has 34 nitrogen and oxygen atoms in total. The third-order valence-corrected chi connectivity index (χ3v) is 16.9. The first kappa shape index (κ1) is 88.7. The number of nitrogens with zero attached hydrogens (tertiary/aromatic N) is 14. The predicted octanol–water partition coefficient (Wildman–Crippen LogP) is 13.5. The Balaban J connectivity index is 0.000000162. The van der Waals surface area contributed by atoms with Gasteiger partial charge in [0.2, 0.25) is 28.6 Å². The average Bonchev–Trinajstić information content (AvgIpc) is 1.25. The normalized spacial score (nSPS) is 10.4. The van der Waals surface area contributed by atoms with Gasteiger partial charge in [-0.15, -0.1) is 5.10 Å². The monoisotopic (exact) mass is 1680 g/mol. The molecule has 0 saturated carbocycles. The van der Waals surface area contributed by atoms with Crippen molar-refractivity contribution < 1.29 is 66.1 Å². The quantitative estimate of drug-likeness (QED) is 0.00974. The number of nitrogen functional groups attached to an aromatic ring is 6. The summed E-state index contributed by atoms with van der Waals surface area (Å²) in [5.41, 5.74) is 38.8. The van der Waals surface area contributed by atoms with E-state index in [1.165, 1.54) is 56.5 Å². The molecule has 0 fully saturated rings. The summed E-state index contributed by atoms with van der Waals surface area (Å²) in [5.74, 6) is -1.88. The third kappa shape index (κ3) is 23.1. The first-order valence-electron chi connectivity index (χ1n) is 35.7. The number of hydrogen-bond acceptors (Lipinski definition) is 27. The van der Waals surface area contributed by atoms with Gasteiger partial charge in [0.1, 0.15) is 23.3 Å². The highest BCUT2D eigenvalue weighted by molar-refractivity contribution is 6.61. The van der Waals surface area contributed by atoms with Gasteiger partial charge in [-0.2, -0.15) is 54.4 Å². The zero-order valence-electron chi connectivity index (χ0n) is 63.6. The Bertz CT molecular complexity index is 6230. The maximum Gasteiger partial charge on any atom is 0.491 e. The Morgan fingerprint density at radius 1 is 0.450 bits per heavy atom. The first-order valence-corrected chi connectivity index (χ1v) is 36.4. The molecule has 0 radical (unpaired) electrons. The molecule has 16 aromatic rings. The standard InChI is InChI=1S/C18H14FN7O2.C17H15FN2O2.C14H11FN2.C10H11N3O2.C7H7N3.C6H6BFO2.C4H4ClN5O2.C3H5ClO2/c19-12-7-3-1-5-10(12)9-13-11-6-2-4-8-14(11)25(24-13)18-22-16(20)15(26(27)28)17(21)23-18;1-2-22-17(21)20-16-10-6-4-8-13(16)15(19-20)11-12-7-3-5-9-14(12)18;15-12-7-3-1-5-10(12)9-14-11-6-2-4-8-13(11)16-17-14;1-2-15-10(14)13-8-6-4-3-5-7(8)9(11)12-13;8-7-5-3-1-2-4-6(5)9-10-7;8-6-4-2-1-3-5(6)7(9)10;5-4-8-2(6)1(10(11)12)3(7)9-4;1-2-6-3(4)5/h1-8H,9H2,(H4,20,21,22,23);3-10H,2,11H2,1H3;1-8H,9H2,(H,16,17);3-6H,2H2,1H3,(H2,11,12);1-4H,(H3,8,9,10);1-4,9-10H;(H4,6,7,8,9);2H2,1H3. The molecule has 0 unspecified atom stereocenters. The summed E-state index contributed by atoms with van der Waals surface area (Å²) >= 11 is 10.0. The van der Waals surface area contributed by atoms with Crippen LogP contribution in [0.4, 0.5) is 78.2 Å². The summed E-state index contributed by atoms with van der Waals surface area (Å²) in [6.07, 6.45) is 0.0640. The number of nitrogens with one attached hydrogen (secondary N) is 2. The van der Waals surface area contributed by atoms with Crippen molar-refractivity contribution in [1.82, 2.24) is 69.7 Å². The molecule has 0 bridgehead atoms. The minimum absolute atomic E-state index is 0.00316. The second kappa shape index (κ2) is 42.4. The summed E-state index contributed by atoms with van der Waals surface area (Å²) in [7, 11) is -1.72. The Morgan fingerprint density at radius 3 is 1.32 bits per heavy atom. The molecular formula is C79H73BCl2F4N22O12. The van der Waals surface area contributed by atoms with E-state index in [-0.39, 0.29) is 70.4 Å². The van der Waals surface area contributed by atoms with Gasteiger partial charge in [-0.05, 0) is 116 Å². The van der Waals surface area contributed by atoms with Crippen molar-refractivity contribution >= 4 is 154 Å². The molecule has 7 aromatic heterocycles. The van der Waals surface area contributed by atoms with Crippen LogP contribution >= 0.6 is 23.2 Å². The van der Waals surface area contributed by atoms with Gasteiger partial charge in [-0.25, -0.2) is 31.9 Å². The highest BCUT2D eigenvalue weighted by atomic mass is 35.5. The van der Waals surface area contributed by atoms with Crippen molar-refractivity contribution in [3.05, 3.63) is 301 Å². The van der Waals surface area contributed by atoms with Crippen LogP contribution in [0.25, 0.3) is 60.5 Å². The lowest BCUT2D eigenvalue weighted by molar-refractivity contribution is -0.383. The number of rotatable bonds is 13. The highest BCUT2D eigenvalue weighted by Gasteiger charge is 2.25. The third-order valence-electron chi connectivity index (χ3n) is 16.7. The number of aromatic nitrogens is 14. The summed E-state index contributed by atoms with van der Waals surface area (Å²) in [4.78, 5) is 67.6. The molecular weight excluding hydrogens is 1610 g/mol. The minimum Gasteiger partial charge on any atom is -0.454 e. The number of fused-ring (bicyclic) bond motifs is 5. The van der Waals surface area contributed by atoms with Gasteiger partial charge in [0.15, 0.2) is 11.6 Å². The van der Waals surface area contributed by atoms with Gasteiger partial charge in [0.25, 0.3) is 5.95 Å². The number of hydrogen-bond donors (Lipinski definition) is 10. The van der Waals surface area contributed by atoms with Gasteiger partial charge < -0.3 is 58.7 Å². The smallest absolute Gasteiger partial charge is 0.454 e. The lowest BCUT2D eigenvalue weighted by atomic mass is 9.80. The minimum atomic E-state index is -1.72. The number of nitrogens with two attached hydrogens (primary N) is 6. The van der Waals surface area contributed by atoms with E-state index in [0.29, 0.717) is 82.3 Å². The van der Waals surface area contributed by atoms with Crippen molar-refractivity contribution in [2.75, 3.05) is 54.2 Å². The number of halogens is 6. The van der Waals surface area contributed by atoms with Gasteiger partial charge >= 0.3 is 36.1 Å². The second-order valence-electron chi connectivity index (χ2n) is 24.5. The van der Waals surface area contributed by atoms with E-state index < -0.39 is 51.8 Å². The van der Waals surface area contributed by atoms with Crippen molar-refractivity contribution in [3.63, 3.8) is 0 Å². The van der Waals surface area contributed by atoms with E-state index >= 15 is 0 Å². The maximum atomic E-state index is 14.1. The highest BCUT2D eigenvalue weighted by Crippen LogP contribution is 2.31. The largest absolute Gasteiger partial charge is 0.491 e. The SMILES string of the molecule is CCOC(=O)Cl.CCOC(=O)n1nc(Cc2ccccc2F)c2ccccc21.CCOC(=O)n1nc(N)c2ccccc21.Fc1ccccc1Cc1[nH]nc2ccccc12.Nc1n[nH]c2ccccc12.Nc1nc(-n2nc(Cc3ccccc3F)c3ccccc32)nc(N)c1[N+](=O)[O-].Nc1nc(Cl)nc(N)c1[N+](=O)[O-].OB(O)c1ccccc1F. The molecule has 0 aliphatic heterocycles. The molecule has 616 valence electrons. The molecule has 0 atom stereocenters. The van der Waals surface area contributed by atoms with Gasteiger partial charge in [0, 0.05) is 69.0 Å². The first-order chi connectivity index (χ1) is 57.6. The van der Waals surface area contributed by atoms with Crippen molar-refractivity contribution in [3.8, 4) is 5.95 Å². The zero-order valence-corrected chi connectivity index (χ0v) is 65.1. The molecule has 16 N–H and O–H groups in total. The zero-order chi connectivity index (χ0) is 86.7. The molecule has 16 rings (SSSR count). The summed E-state index contributed by atoms with van der Waals surface area (Å²) < 4.78 is 71.8. The van der Waals surface area contributed by atoms with Crippen LogP contribution < -0.4 is 39.9 Å².